The van der Waals surface area contributed by atoms with E-state index in [4.69, 9.17) is 0 Å². The van der Waals surface area contributed by atoms with Crippen LogP contribution in [-0.4, -0.2) is 14.6 Å². The summed E-state index contributed by atoms with van der Waals surface area (Å²) in [7, 11) is -3.51. The van der Waals surface area contributed by atoms with Crippen LogP contribution in [0.1, 0.15) is 25.8 Å². The number of hydrogen-bond acceptors (Lipinski definition) is 2. The third-order valence-corrected chi connectivity index (χ3v) is 3.68. The van der Waals surface area contributed by atoms with Gasteiger partial charge in [-0.1, -0.05) is 31.5 Å². The zero-order valence-corrected chi connectivity index (χ0v) is 10.7. The molecule has 1 aromatic carbocycles. The second-order valence-corrected chi connectivity index (χ2v) is 5.56. The fraction of sp³-hybridized carbons (Fsp3) is 0.417. The fourth-order valence-electron chi connectivity index (χ4n) is 1.06. The highest BCUT2D eigenvalue weighted by Crippen LogP contribution is 2.13. The lowest BCUT2D eigenvalue weighted by Crippen LogP contribution is -2.00. The Kier molecular flexibility index (Phi) is 4.24. The minimum Gasteiger partial charge on any atom is -0.199 e. The van der Waals surface area contributed by atoms with Crippen molar-refractivity contribution in [1.29, 1.82) is 0 Å². The Labute approximate surface area is 97.3 Å². The van der Waals surface area contributed by atoms with Gasteiger partial charge in [-0.05, 0) is 31.4 Å². The number of sulfonamides is 1. The summed E-state index contributed by atoms with van der Waals surface area (Å²) in [5, 5.41) is 0. The molecule has 1 unspecified atom stereocenters. The van der Waals surface area contributed by atoms with Crippen LogP contribution in [0.25, 0.3) is 0 Å². The summed E-state index contributed by atoms with van der Waals surface area (Å²) in [6.07, 6.45) is 2.38. The molecule has 0 N–H and O–H groups in total. The molecule has 88 valence electrons. The number of nitrogens with zero attached hydrogens (tertiary/aromatic N) is 1. The highest BCUT2D eigenvalue weighted by molar-refractivity contribution is 7.90. The molecule has 0 bridgehead atoms. The molecular formula is C12H17NO2S. The van der Waals surface area contributed by atoms with E-state index in [1.165, 1.54) is 6.21 Å². The first-order chi connectivity index (χ1) is 7.45. The minimum absolute atomic E-state index is 0.181. The van der Waals surface area contributed by atoms with Gasteiger partial charge < -0.3 is 0 Å². The van der Waals surface area contributed by atoms with Crippen molar-refractivity contribution in [2.24, 2.45) is 10.3 Å². The monoisotopic (exact) mass is 239 g/mol. The molecule has 0 radical (unpaired) electrons. The third-order valence-electron chi connectivity index (χ3n) is 2.42. The molecule has 0 saturated carbocycles. The smallest absolute Gasteiger partial charge is 0.199 e. The molecule has 1 rings (SSSR count). The Balaban J connectivity index is 2.94. The van der Waals surface area contributed by atoms with Gasteiger partial charge in [0.2, 0.25) is 0 Å². The zero-order chi connectivity index (χ0) is 12.2. The first-order valence-electron chi connectivity index (χ1n) is 5.33. The highest BCUT2D eigenvalue weighted by Gasteiger charge is 2.11. The number of benzene rings is 1. The third kappa shape index (κ3) is 3.45. The first-order valence-corrected chi connectivity index (χ1v) is 6.77. The van der Waals surface area contributed by atoms with Crippen LogP contribution in [-0.2, 0) is 10.0 Å². The molecular weight excluding hydrogens is 222 g/mol. The molecule has 0 aliphatic carbocycles. The lowest BCUT2D eigenvalue weighted by atomic mass is 10.1. The van der Waals surface area contributed by atoms with E-state index in [0.29, 0.717) is 0 Å². The summed E-state index contributed by atoms with van der Waals surface area (Å²) in [5.41, 5.74) is 1.03. The molecule has 1 aromatic rings. The van der Waals surface area contributed by atoms with Crippen LogP contribution in [0.5, 0.6) is 0 Å². The molecule has 4 heteroatoms. The van der Waals surface area contributed by atoms with Gasteiger partial charge in [-0.3, -0.25) is 0 Å². The van der Waals surface area contributed by atoms with Crippen LogP contribution in [0, 0.1) is 12.8 Å². The van der Waals surface area contributed by atoms with Gasteiger partial charge in [-0.15, -0.1) is 0 Å². The zero-order valence-electron chi connectivity index (χ0n) is 9.84. The van der Waals surface area contributed by atoms with Crippen molar-refractivity contribution in [2.45, 2.75) is 32.1 Å². The van der Waals surface area contributed by atoms with E-state index in [-0.39, 0.29) is 10.8 Å². The van der Waals surface area contributed by atoms with Crippen LogP contribution in [0.2, 0.25) is 0 Å². The van der Waals surface area contributed by atoms with Crippen molar-refractivity contribution in [3.8, 4) is 0 Å². The number of hydrogen-bond donors (Lipinski definition) is 0. The minimum atomic E-state index is -3.51. The maximum atomic E-state index is 11.8. The maximum absolute atomic E-state index is 11.8. The molecule has 0 aromatic heterocycles. The predicted octanol–water partition coefficient (Wildman–Crippen LogP) is 2.80. The van der Waals surface area contributed by atoms with Crippen molar-refractivity contribution in [2.75, 3.05) is 0 Å². The van der Waals surface area contributed by atoms with Gasteiger partial charge in [0.25, 0.3) is 10.0 Å². The van der Waals surface area contributed by atoms with Gasteiger partial charge in [-0.2, -0.15) is 12.8 Å². The van der Waals surface area contributed by atoms with Gasteiger partial charge >= 0.3 is 0 Å². The van der Waals surface area contributed by atoms with E-state index in [1.54, 1.807) is 24.3 Å². The Morgan fingerprint density at radius 3 is 2.38 bits per heavy atom. The van der Waals surface area contributed by atoms with E-state index >= 15 is 0 Å². The quantitative estimate of drug-likeness (QED) is 0.758. The fourth-order valence-corrected chi connectivity index (χ4v) is 2.03. The standard InChI is InChI=1S/C12H17NO2S/c1-4-10(2)9-13-16(14,15)12-7-5-11(3)6-8-12/h5-10H,4H2,1-3H3. The summed E-state index contributed by atoms with van der Waals surface area (Å²) >= 11 is 0. The van der Waals surface area contributed by atoms with Gasteiger partial charge in [0.1, 0.15) is 0 Å². The molecule has 0 heterocycles. The summed E-state index contributed by atoms with van der Waals surface area (Å²) < 4.78 is 27.2. The summed E-state index contributed by atoms with van der Waals surface area (Å²) in [4.78, 5) is 0.248. The van der Waals surface area contributed by atoms with Gasteiger partial charge in [-0.25, -0.2) is 0 Å². The molecule has 0 fully saturated rings. The van der Waals surface area contributed by atoms with E-state index in [9.17, 15) is 8.42 Å². The van der Waals surface area contributed by atoms with E-state index in [0.717, 1.165) is 12.0 Å². The molecule has 0 aliphatic rings. The summed E-state index contributed by atoms with van der Waals surface area (Å²) in [6, 6.07) is 6.70. The molecule has 0 aliphatic heterocycles. The summed E-state index contributed by atoms with van der Waals surface area (Å²) in [5.74, 6) is 0.181. The SMILES string of the molecule is CCC(C)C=NS(=O)(=O)c1ccc(C)cc1. The largest absolute Gasteiger partial charge is 0.281 e. The maximum Gasteiger partial charge on any atom is 0.281 e. The van der Waals surface area contributed by atoms with Crippen LogP contribution in [0.4, 0.5) is 0 Å². The summed E-state index contributed by atoms with van der Waals surface area (Å²) in [6.45, 7) is 5.85. The average molecular weight is 239 g/mol. The molecule has 1 atom stereocenters. The van der Waals surface area contributed by atoms with Crippen LogP contribution in [0.15, 0.2) is 33.6 Å². The van der Waals surface area contributed by atoms with Gasteiger partial charge in [0.05, 0.1) is 4.90 Å². The van der Waals surface area contributed by atoms with Gasteiger partial charge in [0.15, 0.2) is 0 Å². The van der Waals surface area contributed by atoms with Gasteiger partial charge in [0, 0.05) is 6.21 Å². The molecule has 0 saturated heterocycles. The number of rotatable bonds is 4. The second-order valence-electron chi connectivity index (χ2n) is 3.93. The second kappa shape index (κ2) is 5.25. The highest BCUT2D eigenvalue weighted by atomic mass is 32.2. The van der Waals surface area contributed by atoms with Crippen molar-refractivity contribution in [3.05, 3.63) is 29.8 Å². The van der Waals surface area contributed by atoms with Crippen LogP contribution < -0.4 is 0 Å². The topological polar surface area (TPSA) is 46.5 Å². The van der Waals surface area contributed by atoms with Crippen molar-refractivity contribution >= 4 is 16.2 Å². The van der Waals surface area contributed by atoms with Crippen molar-refractivity contribution < 1.29 is 8.42 Å². The predicted molar refractivity (Wildman–Crippen MR) is 66.3 cm³/mol. The lowest BCUT2D eigenvalue weighted by Gasteiger charge is -2.01. The Morgan fingerprint density at radius 2 is 1.88 bits per heavy atom. The number of aryl methyl sites for hydroxylation is 1. The van der Waals surface area contributed by atoms with Crippen molar-refractivity contribution in [3.63, 3.8) is 0 Å². The van der Waals surface area contributed by atoms with Crippen molar-refractivity contribution in [1.82, 2.24) is 0 Å². The normalized spacial score (nSPS) is 14.2. The molecule has 0 spiro atoms. The Bertz CT molecular complexity index is 460. The van der Waals surface area contributed by atoms with Crippen LogP contribution >= 0.6 is 0 Å². The average Bonchev–Trinajstić information content (AvgIpc) is 2.26. The van der Waals surface area contributed by atoms with E-state index in [1.807, 2.05) is 20.8 Å². The van der Waals surface area contributed by atoms with E-state index in [2.05, 4.69) is 4.40 Å². The first kappa shape index (κ1) is 12.9. The Morgan fingerprint density at radius 1 is 1.31 bits per heavy atom. The molecule has 16 heavy (non-hydrogen) atoms. The lowest BCUT2D eigenvalue weighted by molar-refractivity contribution is 0.597. The Hall–Kier alpha value is -1.16. The van der Waals surface area contributed by atoms with E-state index < -0.39 is 10.0 Å². The molecule has 3 nitrogen and oxygen atoms in total. The van der Waals surface area contributed by atoms with Crippen LogP contribution in [0.3, 0.4) is 0 Å². The molecule has 0 amide bonds.